The second-order valence-corrected chi connectivity index (χ2v) is 4.17. The number of carbonyl (C=O) groups is 1. The van der Waals surface area contributed by atoms with Gasteiger partial charge in [-0.3, -0.25) is 4.79 Å². The van der Waals surface area contributed by atoms with Crippen LogP contribution in [-0.2, 0) is 22.7 Å². The van der Waals surface area contributed by atoms with Gasteiger partial charge in [0, 0.05) is 0 Å². The molecule has 0 atom stereocenters. The van der Waals surface area contributed by atoms with E-state index in [0.717, 1.165) is 5.56 Å². The molecule has 0 bridgehead atoms. The summed E-state index contributed by atoms with van der Waals surface area (Å²) in [6.07, 6.45) is 2.87. The molecule has 0 spiro atoms. The lowest BCUT2D eigenvalue weighted by molar-refractivity contribution is -0.145. The van der Waals surface area contributed by atoms with Gasteiger partial charge in [-0.05, 0) is 30.5 Å². The first kappa shape index (κ1) is 12.3. The Morgan fingerprint density at radius 1 is 1.33 bits per heavy atom. The lowest BCUT2D eigenvalue weighted by atomic mass is 10.1. The molecular weight excluding hydrogens is 230 g/mol. The molecule has 2 rings (SSSR count). The van der Waals surface area contributed by atoms with E-state index < -0.39 is 0 Å². The average Bonchev–Trinajstić information content (AvgIpc) is 2.83. The number of aromatic nitrogens is 3. The van der Waals surface area contributed by atoms with Gasteiger partial charge in [-0.15, -0.1) is 0 Å². The number of carbonyl (C=O) groups excluding carboxylic acids is 1. The fourth-order valence-corrected chi connectivity index (χ4v) is 1.55. The smallest absolute Gasteiger partial charge is 0.328 e. The van der Waals surface area contributed by atoms with Gasteiger partial charge in [-0.25, -0.2) is 9.67 Å². The molecule has 94 valence electrons. The molecule has 0 aliphatic heterocycles. The number of nitrogens with zero attached hydrogens (tertiary/aromatic N) is 3. The lowest BCUT2D eigenvalue weighted by Crippen LogP contribution is -2.13. The normalized spacial score (nSPS) is 10.3. The van der Waals surface area contributed by atoms with Gasteiger partial charge in [0.2, 0.25) is 0 Å². The second-order valence-electron chi connectivity index (χ2n) is 4.17. The number of benzene rings is 1. The van der Waals surface area contributed by atoms with Crippen LogP contribution in [0.5, 0.6) is 0 Å². The fraction of sp³-hybridized carbons (Fsp3) is 0.308. The monoisotopic (exact) mass is 245 g/mol. The minimum Gasteiger partial charge on any atom is -0.459 e. The van der Waals surface area contributed by atoms with E-state index in [2.05, 4.69) is 17.0 Å². The van der Waals surface area contributed by atoms with Crippen LogP contribution in [-0.4, -0.2) is 20.7 Å². The van der Waals surface area contributed by atoms with Gasteiger partial charge < -0.3 is 4.74 Å². The van der Waals surface area contributed by atoms with Crippen molar-refractivity contribution < 1.29 is 9.53 Å². The molecular formula is C13H15N3O2. The summed E-state index contributed by atoms with van der Waals surface area (Å²) < 4.78 is 6.60. The number of aryl methyl sites for hydroxylation is 2. The van der Waals surface area contributed by atoms with Gasteiger partial charge in [-0.2, -0.15) is 5.10 Å². The van der Waals surface area contributed by atoms with Crippen LogP contribution in [0.1, 0.15) is 16.7 Å². The highest BCUT2D eigenvalue weighted by Gasteiger charge is 2.05. The maximum absolute atomic E-state index is 11.5. The van der Waals surface area contributed by atoms with Crippen LogP contribution in [0.25, 0.3) is 0 Å². The van der Waals surface area contributed by atoms with Crippen molar-refractivity contribution in [3.05, 3.63) is 47.5 Å². The lowest BCUT2D eigenvalue weighted by Gasteiger charge is -2.07. The van der Waals surface area contributed by atoms with Crippen molar-refractivity contribution in [1.29, 1.82) is 0 Å². The summed E-state index contributed by atoms with van der Waals surface area (Å²) >= 11 is 0. The van der Waals surface area contributed by atoms with E-state index in [4.69, 9.17) is 4.74 Å². The zero-order valence-electron chi connectivity index (χ0n) is 10.5. The Morgan fingerprint density at radius 3 is 2.83 bits per heavy atom. The highest BCUT2D eigenvalue weighted by atomic mass is 16.5. The van der Waals surface area contributed by atoms with E-state index in [1.54, 1.807) is 0 Å². The Bertz CT molecular complexity index is 535. The Kier molecular flexibility index (Phi) is 3.72. The molecule has 0 unspecified atom stereocenters. The highest BCUT2D eigenvalue weighted by molar-refractivity contribution is 5.69. The third kappa shape index (κ3) is 3.16. The Labute approximate surface area is 105 Å². The standard InChI is InChI=1S/C13H15N3O2/c1-10-3-4-12(5-11(10)2)7-18-13(17)6-16-9-14-8-15-16/h3-5,8-9H,6-7H2,1-2H3. The molecule has 0 aliphatic carbocycles. The minimum atomic E-state index is -0.321. The predicted molar refractivity (Wildman–Crippen MR) is 65.7 cm³/mol. The molecule has 0 amide bonds. The van der Waals surface area contributed by atoms with E-state index >= 15 is 0 Å². The second kappa shape index (κ2) is 5.44. The third-order valence-corrected chi connectivity index (χ3v) is 2.73. The van der Waals surface area contributed by atoms with E-state index in [1.165, 1.54) is 28.5 Å². The predicted octanol–water partition coefficient (Wildman–Crippen LogP) is 1.64. The van der Waals surface area contributed by atoms with E-state index in [-0.39, 0.29) is 19.1 Å². The van der Waals surface area contributed by atoms with Gasteiger partial charge in [0.15, 0.2) is 0 Å². The molecule has 5 nitrogen and oxygen atoms in total. The molecule has 1 heterocycles. The summed E-state index contributed by atoms with van der Waals surface area (Å²) in [5.41, 5.74) is 3.41. The molecule has 0 radical (unpaired) electrons. The van der Waals surface area contributed by atoms with Crippen molar-refractivity contribution >= 4 is 5.97 Å². The largest absolute Gasteiger partial charge is 0.459 e. The maximum atomic E-state index is 11.5. The molecule has 0 aliphatic rings. The van der Waals surface area contributed by atoms with Gasteiger partial charge in [0.25, 0.3) is 0 Å². The van der Waals surface area contributed by atoms with Gasteiger partial charge in [0.1, 0.15) is 25.8 Å². The first-order valence-corrected chi connectivity index (χ1v) is 5.69. The Balaban J connectivity index is 1.87. The van der Waals surface area contributed by atoms with Crippen molar-refractivity contribution in [3.63, 3.8) is 0 Å². The van der Waals surface area contributed by atoms with Crippen LogP contribution >= 0.6 is 0 Å². The van der Waals surface area contributed by atoms with Gasteiger partial charge in [-0.1, -0.05) is 18.2 Å². The summed E-state index contributed by atoms with van der Waals surface area (Å²) in [5, 5.41) is 3.84. The number of hydrogen-bond donors (Lipinski definition) is 0. The fourth-order valence-electron chi connectivity index (χ4n) is 1.55. The van der Waals surface area contributed by atoms with Crippen molar-refractivity contribution in [2.75, 3.05) is 0 Å². The molecule has 18 heavy (non-hydrogen) atoms. The topological polar surface area (TPSA) is 57.0 Å². The van der Waals surface area contributed by atoms with Crippen molar-refractivity contribution in [3.8, 4) is 0 Å². The van der Waals surface area contributed by atoms with E-state index in [1.807, 2.05) is 25.1 Å². The van der Waals surface area contributed by atoms with E-state index in [9.17, 15) is 4.79 Å². The molecule has 2 aromatic rings. The molecule has 0 fully saturated rings. The van der Waals surface area contributed by atoms with E-state index in [0.29, 0.717) is 0 Å². The SMILES string of the molecule is Cc1ccc(COC(=O)Cn2cncn2)cc1C. The number of hydrogen-bond acceptors (Lipinski definition) is 4. The summed E-state index contributed by atoms with van der Waals surface area (Å²) in [6, 6.07) is 6.01. The highest BCUT2D eigenvalue weighted by Crippen LogP contribution is 2.10. The Morgan fingerprint density at radius 2 is 2.17 bits per heavy atom. The summed E-state index contributed by atoms with van der Waals surface area (Å²) in [7, 11) is 0. The molecule has 5 heteroatoms. The number of ether oxygens (including phenoxy) is 1. The number of esters is 1. The maximum Gasteiger partial charge on any atom is 0.328 e. The zero-order valence-corrected chi connectivity index (χ0v) is 10.5. The van der Waals surface area contributed by atoms with Crippen LogP contribution in [0, 0.1) is 13.8 Å². The quantitative estimate of drug-likeness (QED) is 0.768. The molecule has 0 saturated heterocycles. The first-order valence-electron chi connectivity index (χ1n) is 5.69. The average molecular weight is 245 g/mol. The van der Waals surface area contributed by atoms with Crippen molar-refractivity contribution in [1.82, 2.24) is 14.8 Å². The number of rotatable bonds is 4. The summed E-state index contributed by atoms with van der Waals surface area (Å²) in [5.74, 6) is -0.321. The summed E-state index contributed by atoms with van der Waals surface area (Å²) in [6.45, 7) is 4.46. The Hall–Kier alpha value is -2.17. The van der Waals surface area contributed by atoms with Crippen LogP contribution in [0.4, 0.5) is 0 Å². The molecule has 1 aromatic heterocycles. The third-order valence-electron chi connectivity index (χ3n) is 2.73. The minimum absolute atomic E-state index is 0.0881. The van der Waals surface area contributed by atoms with Gasteiger partial charge >= 0.3 is 5.97 Å². The molecule has 0 N–H and O–H groups in total. The molecule has 1 aromatic carbocycles. The van der Waals surface area contributed by atoms with Crippen LogP contribution < -0.4 is 0 Å². The molecule has 0 saturated carbocycles. The van der Waals surface area contributed by atoms with Crippen molar-refractivity contribution in [2.45, 2.75) is 27.0 Å². The van der Waals surface area contributed by atoms with Crippen LogP contribution in [0.2, 0.25) is 0 Å². The zero-order chi connectivity index (χ0) is 13.0. The first-order chi connectivity index (χ1) is 8.65. The van der Waals surface area contributed by atoms with Crippen LogP contribution in [0.3, 0.4) is 0 Å². The summed E-state index contributed by atoms with van der Waals surface area (Å²) in [4.78, 5) is 15.3. The van der Waals surface area contributed by atoms with Gasteiger partial charge in [0.05, 0.1) is 0 Å². The van der Waals surface area contributed by atoms with Crippen molar-refractivity contribution in [2.24, 2.45) is 0 Å². The van der Waals surface area contributed by atoms with Crippen LogP contribution in [0.15, 0.2) is 30.9 Å².